The molecule has 1 aromatic carbocycles. The Morgan fingerprint density at radius 3 is 2.68 bits per heavy atom. The number of benzene rings is 1. The van der Waals surface area contributed by atoms with Crippen LogP contribution in [0.2, 0.25) is 0 Å². The van der Waals surface area contributed by atoms with Gasteiger partial charge in [-0.3, -0.25) is 15.2 Å². The van der Waals surface area contributed by atoms with E-state index in [2.05, 4.69) is 47.7 Å². The molecule has 3 amide bonds. The van der Waals surface area contributed by atoms with E-state index in [1.54, 1.807) is 0 Å². The number of nitrogens with one attached hydrogen (secondary N) is 3. The number of halogens is 1. The van der Waals surface area contributed by atoms with Crippen molar-refractivity contribution in [3.63, 3.8) is 0 Å². The van der Waals surface area contributed by atoms with Gasteiger partial charge in [-0.25, -0.2) is 4.79 Å². The van der Waals surface area contributed by atoms with Gasteiger partial charge in [-0.1, -0.05) is 15.9 Å². The van der Waals surface area contributed by atoms with Crippen molar-refractivity contribution < 1.29 is 9.59 Å². The molecule has 0 bridgehead atoms. The van der Waals surface area contributed by atoms with Crippen LogP contribution in [0.4, 0.5) is 10.5 Å². The Balaban J connectivity index is 1.62. The fourth-order valence-corrected chi connectivity index (χ4v) is 3.72. The average Bonchev–Trinajstić information content (AvgIpc) is 3.04. The highest BCUT2D eigenvalue weighted by atomic mass is 79.9. The molecule has 0 saturated carbocycles. The lowest BCUT2D eigenvalue weighted by molar-refractivity contribution is -0.124. The van der Waals surface area contributed by atoms with Gasteiger partial charge in [-0.15, -0.1) is 0 Å². The molecule has 1 aromatic heterocycles. The van der Waals surface area contributed by atoms with Gasteiger partial charge in [-0.2, -0.15) is 5.10 Å². The maximum Gasteiger partial charge on any atom is 0.322 e. The minimum absolute atomic E-state index is 0.208. The first kappa shape index (κ1) is 13.6. The molecule has 0 aliphatic carbocycles. The van der Waals surface area contributed by atoms with E-state index in [1.807, 2.05) is 12.3 Å². The number of hydrogen-bond acceptors (Lipinski definition) is 4. The van der Waals surface area contributed by atoms with Crippen LogP contribution in [0.25, 0.3) is 10.9 Å². The Kier molecular flexibility index (Phi) is 2.90. The van der Waals surface area contributed by atoms with Gasteiger partial charge in [0, 0.05) is 28.6 Å². The first-order chi connectivity index (χ1) is 10.6. The van der Waals surface area contributed by atoms with Gasteiger partial charge in [-0.05, 0) is 25.0 Å². The van der Waals surface area contributed by atoms with Crippen molar-refractivity contribution in [2.75, 3.05) is 18.0 Å². The molecular weight excluding hydrogens is 350 g/mol. The molecule has 2 aromatic rings. The molecule has 114 valence electrons. The first-order valence-electron chi connectivity index (χ1n) is 7.09. The van der Waals surface area contributed by atoms with E-state index in [4.69, 9.17) is 0 Å². The van der Waals surface area contributed by atoms with Gasteiger partial charge < -0.3 is 10.2 Å². The lowest BCUT2D eigenvalue weighted by Gasteiger charge is -2.38. The van der Waals surface area contributed by atoms with Crippen LogP contribution in [0, 0.1) is 0 Å². The number of urea groups is 1. The minimum Gasteiger partial charge on any atom is -0.371 e. The van der Waals surface area contributed by atoms with Crippen LogP contribution in [0.3, 0.4) is 0 Å². The van der Waals surface area contributed by atoms with Crippen LogP contribution in [0.5, 0.6) is 0 Å². The largest absolute Gasteiger partial charge is 0.371 e. The van der Waals surface area contributed by atoms with Crippen molar-refractivity contribution in [2.24, 2.45) is 0 Å². The maximum absolute atomic E-state index is 12.0. The van der Waals surface area contributed by atoms with Crippen LogP contribution in [-0.4, -0.2) is 40.8 Å². The van der Waals surface area contributed by atoms with E-state index in [9.17, 15) is 9.59 Å². The fourth-order valence-electron chi connectivity index (χ4n) is 3.27. The summed E-state index contributed by atoms with van der Waals surface area (Å²) in [6, 6.07) is 3.66. The van der Waals surface area contributed by atoms with E-state index in [1.165, 1.54) is 0 Å². The van der Waals surface area contributed by atoms with E-state index < -0.39 is 11.6 Å². The number of carbonyl (C=O) groups is 2. The SMILES string of the molecule is O=C1NC(=O)C2(CCN(c3cc(Br)cc4[nH]ncc34)CC2)N1. The highest BCUT2D eigenvalue weighted by molar-refractivity contribution is 9.10. The van der Waals surface area contributed by atoms with Crippen molar-refractivity contribution in [1.82, 2.24) is 20.8 Å². The number of hydrogen-bond donors (Lipinski definition) is 3. The molecule has 4 rings (SSSR count). The van der Waals surface area contributed by atoms with Crippen LogP contribution in [-0.2, 0) is 4.79 Å². The van der Waals surface area contributed by atoms with Gasteiger partial charge in [0.25, 0.3) is 5.91 Å². The van der Waals surface area contributed by atoms with Crippen molar-refractivity contribution in [3.05, 3.63) is 22.8 Å². The van der Waals surface area contributed by atoms with Crippen LogP contribution < -0.4 is 15.5 Å². The number of nitrogens with zero attached hydrogens (tertiary/aromatic N) is 2. The summed E-state index contributed by atoms with van der Waals surface area (Å²) in [6.45, 7) is 1.40. The van der Waals surface area contributed by atoms with Crippen molar-refractivity contribution in [2.45, 2.75) is 18.4 Å². The number of fused-ring (bicyclic) bond motifs is 1. The summed E-state index contributed by atoms with van der Waals surface area (Å²) in [5.74, 6) is -0.208. The van der Waals surface area contributed by atoms with Crippen molar-refractivity contribution in [3.8, 4) is 0 Å². The van der Waals surface area contributed by atoms with Crippen molar-refractivity contribution in [1.29, 1.82) is 0 Å². The van der Waals surface area contributed by atoms with Crippen LogP contribution in [0.1, 0.15) is 12.8 Å². The highest BCUT2D eigenvalue weighted by Crippen LogP contribution is 2.34. The van der Waals surface area contributed by atoms with Gasteiger partial charge in [0.1, 0.15) is 5.54 Å². The topological polar surface area (TPSA) is 90.1 Å². The minimum atomic E-state index is -0.741. The summed E-state index contributed by atoms with van der Waals surface area (Å²) in [5, 5.41) is 13.2. The molecule has 3 heterocycles. The van der Waals surface area contributed by atoms with E-state index in [-0.39, 0.29) is 5.91 Å². The smallest absolute Gasteiger partial charge is 0.322 e. The summed E-state index contributed by atoms with van der Waals surface area (Å²) in [4.78, 5) is 25.6. The molecule has 0 atom stereocenters. The summed E-state index contributed by atoms with van der Waals surface area (Å²) in [6.07, 6.45) is 3.00. The summed E-state index contributed by atoms with van der Waals surface area (Å²) in [7, 11) is 0. The molecular formula is C14H14BrN5O2. The molecule has 8 heteroatoms. The Labute approximate surface area is 134 Å². The molecule has 3 N–H and O–H groups in total. The number of anilines is 1. The summed E-state index contributed by atoms with van der Waals surface area (Å²) in [5.41, 5.74) is 1.31. The number of aromatic amines is 1. The second-order valence-corrected chi connectivity index (χ2v) is 6.65. The predicted octanol–water partition coefficient (Wildman–Crippen LogP) is 1.50. The van der Waals surface area contributed by atoms with E-state index in [0.29, 0.717) is 25.9 Å². The standard InChI is InChI=1S/C14H14BrN5O2/c15-8-5-10-9(7-16-19-10)11(6-8)20-3-1-14(2-4-20)12(21)17-13(22)18-14/h5-7H,1-4H2,(H,16,19)(H2,17,18,21,22). The molecule has 2 fully saturated rings. The molecule has 2 aliphatic rings. The van der Waals surface area contributed by atoms with Gasteiger partial charge in [0.15, 0.2) is 0 Å². The van der Waals surface area contributed by atoms with Gasteiger partial charge in [0.05, 0.1) is 11.7 Å². The van der Waals surface area contributed by atoms with Crippen LogP contribution >= 0.6 is 15.9 Å². The quantitative estimate of drug-likeness (QED) is 0.669. The zero-order valence-electron chi connectivity index (χ0n) is 11.6. The fraction of sp³-hybridized carbons (Fsp3) is 0.357. The highest BCUT2D eigenvalue weighted by Gasteiger charge is 2.47. The third-order valence-electron chi connectivity index (χ3n) is 4.47. The number of rotatable bonds is 1. The Morgan fingerprint density at radius 1 is 1.23 bits per heavy atom. The second kappa shape index (κ2) is 4.70. The second-order valence-electron chi connectivity index (χ2n) is 5.73. The van der Waals surface area contributed by atoms with Gasteiger partial charge in [0.2, 0.25) is 0 Å². The first-order valence-corrected chi connectivity index (χ1v) is 7.88. The van der Waals surface area contributed by atoms with E-state index >= 15 is 0 Å². The Morgan fingerprint density at radius 2 is 2.00 bits per heavy atom. The Bertz CT molecular complexity index is 779. The number of carbonyl (C=O) groups excluding carboxylic acids is 2. The lowest BCUT2D eigenvalue weighted by Crippen LogP contribution is -2.54. The zero-order valence-corrected chi connectivity index (χ0v) is 13.2. The number of amides is 3. The number of piperidine rings is 1. The molecule has 22 heavy (non-hydrogen) atoms. The predicted molar refractivity (Wildman–Crippen MR) is 84.6 cm³/mol. The number of imide groups is 1. The zero-order chi connectivity index (χ0) is 15.3. The third kappa shape index (κ3) is 1.98. The number of H-pyrrole nitrogens is 1. The molecule has 1 spiro atoms. The average molecular weight is 364 g/mol. The van der Waals surface area contributed by atoms with E-state index in [0.717, 1.165) is 21.1 Å². The molecule has 0 radical (unpaired) electrons. The number of aromatic nitrogens is 2. The molecule has 0 unspecified atom stereocenters. The van der Waals surface area contributed by atoms with Gasteiger partial charge >= 0.3 is 6.03 Å². The normalized spacial score (nSPS) is 20.5. The summed E-state index contributed by atoms with van der Waals surface area (Å²) >= 11 is 3.52. The molecule has 2 aliphatic heterocycles. The monoisotopic (exact) mass is 363 g/mol. The van der Waals surface area contributed by atoms with Crippen molar-refractivity contribution >= 4 is 44.5 Å². The summed E-state index contributed by atoms with van der Waals surface area (Å²) < 4.78 is 0.978. The lowest BCUT2D eigenvalue weighted by atomic mass is 9.87. The Hall–Kier alpha value is -2.09. The van der Waals surface area contributed by atoms with Crippen LogP contribution in [0.15, 0.2) is 22.8 Å². The molecule has 2 saturated heterocycles. The third-order valence-corrected chi connectivity index (χ3v) is 4.93. The maximum atomic E-state index is 12.0. The molecule has 7 nitrogen and oxygen atoms in total.